The fraction of sp³-hybridized carbons (Fsp3) is 0.290. The van der Waals surface area contributed by atoms with Gasteiger partial charge in [0.1, 0.15) is 6.04 Å². The number of amides is 2. The smallest absolute Gasteiger partial charge is 0.270 e. The molecule has 10 heteroatoms. The molecular weight excluding hydrogens is 561 g/mol. The van der Waals surface area contributed by atoms with Gasteiger partial charge in [0.25, 0.3) is 5.56 Å². The molecule has 1 saturated heterocycles. The summed E-state index contributed by atoms with van der Waals surface area (Å²) >= 11 is 12.4. The highest BCUT2D eigenvalue weighted by Crippen LogP contribution is 2.30. The molecule has 0 saturated carbocycles. The van der Waals surface area contributed by atoms with E-state index in [0.717, 1.165) is 48.3 Å². The van der Waals surface area contributed by atoms with Gasteiger partial charge in [0.15, 0.2) is 0 Å². The largest absolute Gasteiger partial charge is 0.346 e. The van der Waals surface area contributed by atoms with Crippen LogP contribution in [0.2, 0.25) is 10.0 Å². The third-order valence-corrected chi connectivity index (χ3v) is 8.14. The lowest BCUT2D eigenvalue weighted by atomic mass is 9.99. The Kier molecular flexibility index (Phi) is 8.73. The Labute approximate surface area is 248 Å². The molecule has 41 heavy (non-hydrogen) atoms. The minimum absolute atomic E-state index is 0.136. The summed E-state index contributed by atoms with van der Waals surface area (Å²) < 4.78 is 1.40. The van der Waals surface area contributed by atoms with E-state index in [4.69, 9.17) is 23.2 Å². The molecule has 0 spiro atoms. The molecule has 8 nitrogen and oxygen atoms in total. The molecule has 2 heterocycles. The van der Waals surface area contributed by atoms with Gasteiger partial charge < -0.3 is 15.5 Å². The van der Waals surface area contributed by atoms with Crippen molar-refractivity contribution in [3.63, 3.8) is 0 Å². The predicted octanol–water partition coefficient (Wildman–Crippen LogP) is 5.84. The van der Waals surface area contributed by atoms with Crippen LogP contribution in [0.25, 0.3) is 22.2 Å². The first-order valence-corrected chi connectivity index (χ1v) is 14.3. The lowest BCUT2D eigenvalue weighted by molar-refractivity contribution is -0.124. The van der Waals surface area contributed by atoms with Crippen LogP contribution in [0.5, 0.6) is 0 Å². The SMILES string of the molecule is CC(=O)Nc1ccccc1-c1ccc(C(CN2CCCC2)NC(=O)C(C)n2c(=O)cnc3cc(Cl)c(Cl)cc32)cc1. The second-order valence-corrected chi connectivity index (χ2v) is 11.1. The van der Waals surface area contributed by atoms with Crippen molar-refractivity contribution in [1.82, 2.24) is 19.8 Å². The maximum atomic E-state index is 13.7. The Morgan fingerprint density at radius 1 is 1.00 bits per heavy atom. The van der Waals surface area contributed by atoms with Crippen LogP contribution < -0.4 is 16.2 Å². The summed E-state index contributed by atoms with van der Waals surface area (Å²) in [6, 6.07) is 17.7. The van der Waals surface area contributed by atoms with Gasteiger partial charge in [-0.25, -0.2) is 4.98 Å². The summed E-state index contributed by atoms with van der Waals surface area (Å²) in [5.41, 5.74) is 4.04. The zero-order chi connectivity index (χ0) is 29.1. The van der Waals surface area contributed by atoms with Crippen molar-refractivity contribution < 1.29 is 9.59 Å². The zero-order valence-corrected chi connectivity index (χ0v) is 24.4. The first-order chi connectivity index (χ1) is 19.7. The van der Waals surface area contributed by atoms with E-state index in [-0.39, 0.29) is 22.9 Å². The van der Waals surface area contributed by atoms with E-state index in [2.05, 4.69) is 20.5 Å². The number of fused-ring (bicyclic) bond motifs is 1. The summed E-state index contributed by atoms with van der Waals surface area (Å²) in [5.74, 6) is -0.432. The summed E-state index contributed by atoms with van der Waals surface area (Å²) in [6.07, 6.45) is 3.44. The highest BCUT2D eigenvalue weighted by Gasteiger charge is 2.25. The van der Waals surface area contributed by atoms with Crippen LogP contribution in [0.3, 0.4) is 0 Å². The second-order valence-electron chi connectivity index (χ2n) is 10.3. The van der Waals surface area contributed by atoms with Crippen molar-refractivity contribution in [3.8, 4) is 11.1 Å². The standard InChI is InChI=1S/C31H31Cl2N5O3/c1-19(38-29-16-25(33)24(32)15-27(29)34-17-30(38)40)31(41)36-28(18-37-13-5-6-14-37)22-11-9-21(10-12-22)23-7-3-4-8-26(23)35-20(2)39/h3-4,7-12,15-17,19,28H,5-6,13-14,18H2,1-2H3,(H,35,39)(H,36,41). The topological polar surface area (TPSA) is 96.3 Å². The number of hydrogen-bond acceptors (Lipinski definition) is 5. The predicted molar refractivity (Wildman–Crippen MR) is 163 cm³/mol. The molecule has 1 aromatic heterocycles. The van der Waals surface area contributed by atoms with Gasteiger partial charge in [-0.15, -0.1) is 0 Å². The van der Waals surface area contributed by atoms with E-state index in [1.54, 1.807) is 19.1 Å². The Morgan fingerprint density at radius 3 is 2.39 bits per heavy atom. The van der Waals surface area contributed by atoms with Gasteiger partial charge in [0, 0.05) is 24.7 Å². The zero-order valence-electron chi connectivity index (χ0n) is 22.9. The molecule has 3 aromatic carbocycles. The molecule has 1 aliphatic heterocycles. The third-order valence-electron chi connectivity index (χ3n) is 7.41. The van der Waals surface area contributed by atoms with E-state index >= 15 is 0 Å². The highest BCUT2D eigenvalue weighted by molar-refractivity contribution is 6.42. The molecule has 0 bridgehead atoms. The maximum absolute atomic E-state index is 13.7. The van der Waals surface area contributed by atoms with E-state index in [1.165, 1.54) is 17.7 Å². The third kappa shape index (κ3) is 6.45. The minimum atomic E-state index is -0.824. The lowest BCUT2D eigenvalue weighted by Crippen LogP contribution is -2.41. The molecule has 4 aromatic rings. The van der Waals surface area contributed by atoms with Crippen molar-refractivity contribution in [1.29, 1.82) is 0 Å². The molecule has 2 N–H and O–H groups in total. The average molecular weight is 593 g/mol. The Morgan fingerprint density at radius 2 is 1.68 bits per heavy atom. The van der Waals surface area contributed by atoms with Crippen LogP contribution in [0.1, 0.15) is 44.3 Å². The highest BCUT2D eigenvalue weighted by atomic mass is 35.5. The van der Waals surface area contributed by atoms with Gasteiger partial charge in [0.05, 0.1) is 33.3 Å². The number of halogens is 2. The molecule has 2 atom stereocenters. The number of anilines is 1. The van der Waals surface area contributed by atoms with E-state index in [9.17, 15) is 14.4 Å². The molecule has 1 fully saturated rings. The maximum Gasteiger partial charge on any atom is 0.270 e. The lowest BCUT2D eigenvalue weighted by Gasteiger charge is -2.27. The van der Waals surface area contributed by atoms with Gasteiger partial charge in [-0.3, -0.25) is 19.0 Å². The fourth-order valence-corrected chi connectivity index (χ4v) is 5.64. The molecule has 0 aliphatic carbocycles. The van der Waals surface area contributed by atoms with Crippen molar-refractivity contribution in [2.75, 3.05) is 25.0 Å². The van der Waals surface area contributed by atoms with Crippen LogP contribution in [-0.4, -0.2) is 45.9 Å². The normalized spacial score (nSPS) is 15.0. The molecule has 212 valence electrons. The van der Waals surface area contributed by atoms with Crippen molar-refractivity contribution >= 4 is 51.7 Å². The second kappa shape index (κ2) is 12.4. The van der Waals surface area contributed by atoms with Crippen LogP contribution in [0.15, 0.2) is 71.7 Å². The molecular formula is C31H31Cl2N5O3. The number of para-hydroxylation sites is 1. The summed E-state index contributed by atoms with van der Waals surface area (Å²) in [4.78, 5) is 44.8. The summed E-state index contributed by atoms with van der Waals surface area (Å²) in [7, 11) is 0. The Hall–Kier alpha value is -3.72. The quantitative estimate of drug-likeness (QED) is 0.268. The van der Waals surface area contributed by atoms with Crippen molar-refractivity contribution in [3.05, 3.63) is 92.8 Å². The van der Waals surface area contributed by atoms with E-state index in [0.29, 0.717) is 22.6 Å². The number of benzene rings is 3. The van der Waals surface area contributed by atoms with Crippen molar-refractivity contribution in [2.45, 2.75) is 38.8 Å². The number of carbonyl (C=O) groups excluding carboxylic acids is 2. The molecule has 2 unspecified atom stereocenters. The Bertz CT molecular complexity index is 1650. The molecule has 0 radical (unpaired) electrons. The van der Waals surface area contributed by atoms with E-state index in [1.807, 2.05) is 48.5 Å². The van der Waals surface area contributed by atoms with Crippen LogP contribution in [0, 0.1) is 0 Å². The van der Waals surface area contributed by atoms with Crippen LogP contribution in [0.4, 0.5) is 5.69 Å². The number of nitrogens with one attached hydrogen (secondary N) is 2. The molecule has 5 rings (SSSR count). The number of hydrogen-bond donors (Lipinski definition) is 2. The van der Waals surface area contributed by atoms with Gasteiger partial charge in [-0.1, -0.05) is 65.7 Å². The monoisotopic (exact) mass is 591 g/mol. The fourth-order valence-electron chi connectivity index (χ4n) is 5.32. The first kappa shape index (κ1) is 28.8. The van der Waals surface area contributed by atoms with Crippen LogP contribution >= 0.6 is 23.2 Å². The minimum Gasteiger partial charge on any atom is -0.346 e. The summed E-state index contributed by atoms with van der Waals surface area (Å²) in [6.45, 7) is 5.76. The number of nitrogens with zero attached hydrogens (tertiary/aromatic N) is 3. The van der Waals surface area contributed by atoms with Crippen LogP contribution in [-0.2, 0) is 9.59 Å². The number of likely N-dealkylation sites (tertiary alicyclic amines) is 1. The Balaban J connectivity index is 1.44. The van der Waals surface area contributed by atoms with Gasteiger partial charge >= 0.3 is 0 Å². The molecule has 1 aliphatic rings. The van der Waals surface area contributed by atoms with Gasteiger partial charge in [-0.05, 0) is 62.2 Å². The van der Waals surface area contributed by atoms with Gasteiger partial charge in [0.2, 0.25) is 11.8 Å². The molecule has 2 amide bonds. The average Bonchev–Trinajstić information content (AvgIpc) is 3.47. The number of aromatic nitrogens is 2. The number of carbonyl (C=O) groups is 2. The first-order valence-electron chi connectivity index (χ1n) is 13.6. The number of rotatable bonds is 8. The summed E-state index contributed by atoms with van der Waals surface area (Å²) in [5, 5.41) is 6.68. The van der Waals surface area contributed by atoms with E-state index < -0.39 is 11.6 Å². The van der Waals surface area contributed by atoms with Gasteiger partial charge in [-0.2, -0.15) is 0 Å². The van der Waals surface area contributed by atoms with Crippen molar-refractivity contribution in [2.24, 2.45) is 0 Å².